The highest BCUT2D eigenvalue weighted by atomic mass is 35.5. The SMILES string of the molecule is Cl.NC(COCc1ccccc1)c1nc2ccccc2[nH]1. The van der Waals surface area contributed by atoms with E-state index in [1.165, 1.54) is 0 Å². The monoisotopic (exact) mass is 303 g/mol. The lowest BCUT2D eigenvalue weighted by Gasteiger charge is -2.09. The van der Waals surface area contributed by atoms with E-state index >= 15 is 0 Å². The van der Waals surface area contributed by atoms with Gasteiger partial charge in [0.2, 0.25) is 0 Å². The van der Waals surface area contributed by atoms with E-state index in [1.54, 1.807) is 0 Å². The van der Waals surface area contributed by atoms with Gasteiger partial charge in [0, 0.05) is 0 Å². The maximum absolute atomic E-state index is 6.10. The maximum atomic E-state index is 6.10. The van der Waals surface area contributed by atoms with Crippen LogP contribution >= 0.6 is 12.4 Å². The Morgan fingerprint density at radius 3 is 2.52 bits per heavy atom. The van der Waals surface area contributed by atoms with E-state index in [2.05, 4.69) is 9.97 Å². The first-order valence-corrected chi connectivity index (χ1v) is 6.65. The lowest BCUT2D eigenvalue weighted by atomic mass is 10.2. The molecular weight excluding hydrogens is 286 g/mol. The van der Waals surface area contributed by atoms with Crippen LogP contribution in [0.1, 0.15) is 17.4 Å². The Morgan fingerprint density at radius 2 is 1.76 bits per heavy atom. The summed E-state index contributed by atoms with van der Waals surface area (Å²) >= 11 is 0. The number of nitrogens with one attached hydrogen (secondary N) is 1. The van der Waals surface area contributed by atoms with Crippen molar-refractivity contribution < 1.29 is 4.74 Å². The number of nitrogens with zero attached hydrogens (tertiary/aromatic N) is 1. The molecule has 0 aliphatic carbocycles. The summed E-state index contributed by atoms with van der Waals surface area (Å²) < 4.78 is 5.65. The van der Waals surface area contributed by atoms with Gasteiger partial charge in [0.05, 0.1) is 30.3 Å². The number of benzene rings is 2. The van der Waals surface area contributed by atoms with Crippen molar-refractivity contribution in [2.45, 2.75) is 12.6 Å². The zero-order chi connectivity index (χ0) is 13.8. The quantitative estimate of drug-likeness (QED) is 0.761. The molecule has 1 atom stereocenters. The Labute approximate surface area is 129 Å². The number of H-pyrrole nitrogens is 1. The van der Waals surface area contributed by atoms with Gasteiger partial charge in [-0.05, 0) is 17.7 Å². The van der Waals surface area contributed by atoms with Gasteiger partial charge in [0.1, 0.15) is 5.82 Å². The largest absolute Gasteiger partial charge is 0.375 e. The topological polar surface area (TPSA) is 63.9 Å². The van der Waals surface area contributed by atoms with Crippen LogP contribution in [0.15, 0.2) is 54.6 Å². The number of halogens is 1. The van der Waals surface area contributed by atoms with Crippen molar-refractivity contribution in [2.24, 2.45) is 5.73 Å². The molecule has 110 valence electrons. The predicted octanol–water partition coefficient (Wildman–Crippen LogP) is 3.20. The first-order valence-electron chi connectivity index (χ1n) is 6.65. The number of aromatic amines is 1. The molecule has 0 fully saturated rings. The predicted molar refractivity (Wildman–Crippen MR) is 86.4 cm³/mol. The fourth-order valence-electron chi connectivity index (χ4n) is 2.11. The molecular formula is C16H18ClN3O. The number of aromatic nitrogens is 2. The Morgan fingerprint density at radius 1 is 1.05 bits per heavy atom. The third-order valence-corrected chi connectivity index (χ3v) is 3.17. The summed E-state index contributed by atoms with van der Waals surface area (Å²) in [5.74, 6) is 0.763. The average Bonchev–Trinajstić information content (AvgIpc) is 2.92. The molecule has 3 aromatic rings. The number of nitrogens with two attached hydrogens (primary N) is 1. The van der Waals surface area contributed by atoms with Crippen LogP contribution in [0.25, 0.3) is 11.0 Å². The van der Waals surface area contributed by atoms with Crippen LogP contribution in [-0.2, 0) is 11.3 Å². The first-order chi connectivity index (χ1) is 9.83. The second-order valence-electron chi connectivity index (χ2n) is 4.75. The highest BCUT2D eigenvalue weighted by Gasteiger charge is 2.11. The molecule has 0 radical (unpaired) electrons. The van der Waals surface area contributed by atoms with Gasteiger partial charge in [-0.1, -0.05) is 42.5 Å². The van der Waals surface area contributed by atoms with Crippen molar-refractivity contribution in [2.75, 3.05) is 6.61 Å². The van der Waals surface area contributed by atoms with E-state index in [1.807, 2.05) is 54.6 Å². The van der Waals surface area contributed by atoms with Crippen LogP contribution in [0.5, 0.6) is 0 Å². The number of imidazole rings is 1. The normalized spacial score (nSPS) is 12.0. The highest BCUT2D eigenvalue weighted by Crippen LogP contribution is 2.15. The van der Waals surface area contributed by atoms with Gasteiger partial charge in [-0.2, -0.15) is 0 Å². The minimum absolute atomic E-state index is 0. The molecule has 1 heterocycles. The van der Waals surface area contributed by atoms with Gasteiger partial charge in [-0.15, -0.1) is 12.4 Å². The molecule has 0 amide bonds. The van der Waals surface area contributed by atoms with Crippen LogP contribution in [0, 0.1) is 0 Å². The molecule has 0 spiro atoms. The van der Waals surface area contributed by atoms with E-state index in [9.17, 15) is 0 Å². The number of hydrogen-bond donors (Lipinski definition) is 2. The molecule has 2 aromatic carbocycles. The fourth-order valence-corrected chi connectivity index (χ4v) is 2.11. The van der Waals surface area contributed by atoms with E-state index in [4.69, 9.17) is 10.5 Å². The van der Waals surface area contributed by atoms with Crippen LogP contribution < -0.4 is 5.73 Å². The van der Waals surface area contributed by atoms with Crippen molar-refractivity contribution in [1.82, 2.24) is 9.97 Å². The van der Waals surface area contributed by atoms with E-state index in [-0.39, 0.29) is 18.4 Å². The zero-order valence-electron chi connectivity index (χ0n) is 11.5. The third kappa shape index (κ3) is 3.82. The van der Waals surface area contributed by atoms with Gasteiger partial charge < -0.3 is 15.5 Å². The summed E-state index contributed by atoms with van der Waals surface area (Å²) in [6.45, 7) is 1.00. The lowest BCUT2D eigenvalue weighted by molar-refractivity contribution is 0.106. The molecule has 5 heteroatoms. The summed E-state index contributed by atoms with van der Waals surface area (Å²) in [5, 5.41) is 0. The van der Waals surface area contributed by atoms with Crippen molar-refractivity contribution >= 4 is 23.4 Å². The van der Waals surface area contributed by atoms with E-state index in [0.717, 1.165) is 22.4 Å². The fraction of sp³-hybridized carbons (Fsp3) is 0.188. The number of rotatable bonds is 5. The summed E-state index contributed by atoms with van der Waals surface area (Å²) in [6, 6.07) is 17.7. The Bertz CT molecular complexity index is 651. The molecule has 3 rings (SSSR count). The molecule has 21 heavy (non-hydrogen) atoms. The Hall–Kier alpha value is -1.88. The number of ether oxygens (including phenoxy) is 1. The molecule has 0 bridgehead atoms. The molecule has 0 saturated heterocycles. The highest BCUT2D eigenvalue weighted by molar-refractivity contribution is 5.85. The van der Waals surface area contributed by atoms with Crippen molar-refractivity contribution in [3.05, 3.63) is 66.0 Å². The van der Waals surface area contributed by atoms with Crippen LogP contribution in [0.2, 0.25) is 0 Å². The van der Waals surface area contributed by atoms with Gasteiger partial charge in [-0.3, -0.25) is 0 Å². The molecule has 3 N–H and O–H groups in total. The summed E-state index contributed by atoms with van der Waals surface area (Å²) in [6.07, 6.45) is 0. The Balaban J connectivity index is 0.00000161. The van der Waals surface area contributed by atoms with Crippen molar-refractivity contribution in [3.8, 4) is 0 Å². The van der Waals surface area contributed by atoms with Crippen LogP contribution in [-0.4, -0.2) is 16.6 Å². The first kappa shape index (κ1) is 15.5. The molecule has 0 aliphatic rings. The minimum Gasteiger partial charge on any atom is -0.375 e. The smallest absolute Gasteiger partial charge is 0.126 e. The van der Waals surface area contributed by atoms with Gasteiger partial charge in [0.15, 0.2) is 0 Å². The van der Waals surface area contributed by atoms with E-state index in [0.29, 0.717) is 13.2 Å². The number of hydrogen-bond acceptors (Lipinski definition) is 3. The average molecular weight is 304 g/mol. The standard InChI is InChI=1S/C16H17N3O.ClH/c17-13(11-20-10-12-6-2-1-3-7-12)16-18-14-8-4-5-9-15(14)19-16;/h1-9,13H,10-11,17H2,(H,18,19);1H. The molecule has 0 aliphatic heterocycles. The Kier molecular flexibility index (Phi) is 5.33. The third-order valence-electron chi connectivity index (χ3n) is 3.17. The molecule has 0 saturated carbocycles. The zero-order valence-corrected chi connectivity index (χ0v) is 12.3. The van der Waals surface area contributed by atoms with Crippen LogP contribution in [0.3, 0.4) is 0 Å². The molecule has 1 unspecified atom stereocenters. The maximum Gasteiger partial charge on any atom is 0.126 e. The number of fused-ring (bicyclic) bond motifs is 1. The van der Waals surface area contributed by atoms with Gasteiger partial charge in [-0.25, -0.2) is 4.98 Å². The lowest BCUT2D eigenvalue weighted by Crippen LogP contribution is -2.18. The van der Waals surface area contributed by atoms with E-state index < -0.39 is 0 Å². The molecule has 4 nitrogen and oxygen atoms in total. The summed E-state index contributed by atoms with van der Waals surface area (Å²) in [7, 11) is 0. The van der Waals surface area contributed by atoms with Gasteiger partial charge in [0.25, 0.3) is 0 Å². The van der Waals surface area contributed by atoms with Gasteiger partial charge >= 0.3 is 0 Å². The molecule has 1 aromatic heterocycles. The second kappa shape index (κ2) is 7.22. The van der Waals surface area contributed by atoms with Crippen LogP contribution in [0.4, 0.5) is 0 Å². The number of para-hydroxylation sites is 2. The van der Waals surface area contributed by atoms with Crippen molar-refractivity contribution in [3.63, 3.8) is 0 Å². The summed E-state index contributed by atoms with van der Waals surface area (Å²) in [4.78, 5) is 7.71. The minimum atomic E-state index is -0.244. The summed E-state index contributed by atoms with van der Waals surface area (Å²) in [5.41, 5.74) is 9.18. The van der Waals surface area contributed by atoms with Crippen molar-refractivity contribution in [1.29, 1.82) is 0 Å². The second-order valence-corrected chi connectivity index (χ2v) is 4.75.